The maximum absolute atomic E-state index is 11.2. The van der Waals surface area contributed by atoms with E-state index in [-0.39, 0.29) is 11.8 Å². The van der Waals surface area contributed by atoms with Crippen molar-refractivity contribution in [2.24, 2.45) is 0 Å². The minimum absolute atomic E-state index is 0.211. The topological polar surface area (TPSA) is 49.4 Å². The van der Waals surface area contributed by atoms with Crippen LogP contribution in [0.15, 0.2) is 24.3 Å². The van der Waals surface area contributed by atoms with Gasteiger partial charge in [-0.1, -0.05) is 17.7 Å². The second-order valence-electron chi connectivity index (χ2n) is 5.00. The van der Waals surface area contributed by atoms with Crippen LogP contribution in [-0.4, -0.2) is 46.1 Å². The van der Waals surface area contributed by atoms with Crippen LogP contribution in [0.3, 0.4) is 0 Å². The predicted octanol–water partition coefficient (Wildman–Crippen LogP) is 1.55. The van der Waals surface area contributed by atoms with E-state index in [1.54, 1.807) is 0 Å². The van der Waals surface area contributed by atoms with Crippen LogP contribution in [0.2, 0.25) is 5.02 Å². The number of rotatable bonds is 4. The fraction of sp³-hybridized carbons (Fsp3) is 0.538. The lowest BCUT2D eigenvalue weighted by molar-refractivity contribution is 0.446. The van der Waals surface area contributed by atoms with Gasteiger partial charge in [0, 0.05) is 42.6 Å². The minimum atomic E-state index is -2.89. The summed E-state index contributed by atoms with van der Waals surface area (Å²) in [7, 11) is -2.89. The van der Waals surface area contributed by atoms with Crippen molar-refractivity contribution in [2.75, 3.05) is 36.5 Å². The molecular weight excluding hydrogens is 284 g/mol. The van der Waals surface area contributed by atoms with E-state index in [0.29, 0.717) is 6.42 Å². The van der Waals surface area contributed by atoms with E-state index in [4.69, 9.17) is 11.6 Å². The monoisotopic (exact) mass is 302 g/mol. The van der Waals surface area contributed by atoms with E-state index in [2.05, 4.69) is 10.2 Å². The first-order chi connectivity index (χ1) is 8.94. The van der Waals surface area contributed by atoms with Gasteiger partial charge in [-0.2, -0.15) is 0 Å². The van der Waals surface area contributed by atoms with Crippen LogP contribution in [0.25, 0.3) is 0 Å². The van der Waals surface area contributed by atoms with Gasteiger partial charge < -0.3 is 10.2 Å². The van der Waals surface area contributed by atoms with Crippen molar-refractivity contribution in [2.45, 2.75) is 12.5 Å². The Morgan fingerprint density at radius 2 is 2.26 bits per heavy atom. The number of hydrogen-bond acceptors (Lipinski definition) is 4. The molecule has 2 rings (SSSR count). The summed E-state index contributed by atoms with van der Waals surface area (Å²) in [5.41, 5.74) is 1.10. The number of benzene rings is 1. The Morgan fingerprint density at radius 1 is 1.47 bits per heavy atom. The van der Waals surface area contributed by atoms with Gasteiger partial charge in [-0.25, -0.2) is 8.42 Å². The van der Waals surface area contributed by atoms with Crippen LogP contribution in [-0.2, 0) is 9.84 Å². The molecule has 0 spiro atoms. The van der Waals surface area contributed by atoms with Crippen molar-refractivity contribution in [1.82, 2.24) is 5.32 Å². The highest BCUT2D eigenvalue weighted by atomic mass is 35.5. The maximum atomic E-state index is 11.2. The smallest absolute Gasteiger partial charge is 0.147 e. The molecule has 0 unspecified atom stereocenters. The van der Waals surface area contributed by atoms with Crippen LogP contribution < -0.4 is 10.2 Å². The van der Waals surface area contributed by atoms with Crippen molar-refractivity contribution in [3.05, 3.63) is 29.3 Å². The van der Waals surface area contributed by atoms with Crippen molar-refractivity contribution in [3.63, 3.8) is 0 Å². The molecule has 0 bridgehead atoms. The highest BCUT2D eigenvalue weighted by Gasteiger charge is 2.20. The largest absolute Gasteiger partial charge is 0.369 e. The van der Waals surface area contributed by atoms with Crippen molar-refractivity contribution < 1.29 is 8.42 Å². The molecule has 1 fully saturated rings. The Kier molecular flexibility index (Phi) is 4.71. The van der Waals surface area contributed by atoms with E-state index in [1.165, 1.54) is 6.26 Å². The third kappa shape index (κ3) is 4.67. The second kappa shape index (κ2) is 6.11. The molecule has 1 aliphatic rings. The molecule has 1 aromatic rings. The highest BCUT2D eigenvalue weighted by molar-refractivity contribution is 7.90. The zero-order valence-corrected chi connectivity index (χ0v) is 12.5. The molecule has 106 valence electrons. The van der Waals surface area contributed by atoms with Gasteiger partial charge in [0.05, 0.1) is 5.75 Å². The Morgan fingerprint density at radius 3 is 2.95 bits per heavy atom. The zero-order chi connectivity index (χ0) is 13.9. The molecule has 1 N–H and O–H groups in total. The van der Waals surface area contributed by atoms with E-state index in [0.717, 1.165) is 30.3 Å². The van der Waals surface area contributed by atoms with Crippen LogP contribution in [0.1, 0.15) is 6.42 Å². The van der Waals surface area contributed by atoms with E-state index >= 15 is 0 Å². The van der Waals surface area contributed by atoms with Crippen LogP contribution in [0.4, 0.5) is 5.69 Å². The number of anilines is 1. The molecule has 1 aromatic carbocycles. The molecule has 4 nitrogen and oxygen atoms in total. The SMILES string of the molecule is CS(=O)(=O)CC[C@H]1CN(c2cccc(Cl)c2)CCN1. The first kappa shape index (κ1) is 14.6. The Labute approximate surface area is 119 Å². The average Bonchev–Trinajstić information content (AvgIpc) is 2.36. The highest BCUT2D eigenvalue weighted by Crippen LogP contribution is 2.21. The average molecular weight is 303 g/mol. The summed E-state index contributed by atoms with van der Waals surface area (Å²) < 4.78 is 22.4. The summed E-state index contributed by atoms with van der Waals surface area (Å²) in [6.45, 7) is 2.59. The number of halogens is 1. The molecule has 1 saturated heterocycles. The third-order valence-electron chi connectivity index (χ3n) is 3.27. The fourth-order valence-corrected chi connectivity index (χ4v) is 3.18. The quantitative estimate of drug-likeness (QED) is 0.917. The van der Waals surface area contributed by atoms with Crippen molar-refractivity contribution >= 4 is 27.1 Å². The van der Waals surface area contributed by atoms with E-state index in [1.807, 2.05) is 24.3 Å². The van der Waals surface area contributed by atoms with Gasteiger partial charge >= 0.3 is 0 Å². The Bertz CT molecular complexity index is 533. The summed E-state index contributed by atoms with van der Waals surface area (Å²) in [6, 6.07) is 7.98. The van der Waals surface area contributed by atoms with Gasteiger partial charge in [0.15, 0.2) is 0 Å². The molecule has 19 heavy (non-hydrogen) atoms. The molecule has 1 aliphatic heterocycles. The van der Waals surface area contributed by atoms with Gasteiger partial charge in [-0.15, -0.1) is 0 Å². The molecule has 6 heteroatoms. The number of piperazine rings is 1. The predicted molar refractivity (Wildman–Crippen MR) is 79.8 cm³/mol. The Balaban J connectivity index is 1.97. The lowest BCUT2D eigenvalue weighted by Gasteiger charge is -2.35. The summed E-state index contributed by atoms with van der Waals surface area (Å²) >= 11 is 6.00. The first-order valence-corrected chi connectivity index (χ1v) is 8.79. The number of nitrogens with zero attached hydrogens (tertiary/aromatic N) is 1. The van der Waals surface area contributed by atoms with Crippen LogP contribution >= 0.6 is 11.6 Å². The van der Waals surface area contributed by atoms with E-state index < -0.39 is 9.84 Å². The van der Waals surface area contributed by atoms with Gasteiger partial charge in [-0.05, 0) is 24.6 Å². The molecular formula is C13H19ClN2O2S. The molecule has 0 saturated carbocycles. The molecule has 1 heterocycles. The first-order valence-electron chi connectivity index (χ1n) is 6.36. The standard InChI is InChI=1S/C13H19ClN2O2S/c1-19(17,18)8-5-12-10-16(7-6-15-12)13-4-2-3-11(14)9-13/h2-4,9,12,15H,5-8,10H2,1H3/t12-/m0/s1. The Hall–Kier alpha value is -0.780. The van der Waals surface area contributed by atoms with Gasteiger partial charge in [-0.3, -0.25) is 0 Å². The van der Waals surface area contributed by atoms with Crippen LogP contribution in [0.5, 0.6) is 0 Å². The number of sulfone groups is 1. The summed E-state index contributed by atoms with van der Waals surface area (Å²) in [6.07, 6.45) is 1.93. The third-order valence-corrected chi connectivity index (χ3v) is 4.48. The molecule has 0 aliphatic carbocycles. The van der Waals surface area contributed by atoms with Gasteiger partial charge in [0.25, 0.3) is 0 Å². The maximum Gasteiger partial charge on any atom is 0.147 e. The van der Waals surface area contributed by atoms with E-state index in [9.17, 15) is 8.42 Å². The normalized spacial score (nSPS) is 20.5. The summed E-state index contributed by atoms with van der Waals surface area (Å²) in [5.74, 6) is 0.230. The van der Waals surface area contributed by atoms with Crippen molar-refractivity contribution in [1.29, 1.82) is 0 Å². The fourth-order valence-electron chi connectivity index (χ4n) is 2.28. The van der Waals surface area contributed by atoms with Gasteiger partial charge in [0.1, 0.15) is 9.84 Å². The lowest BCUT2D eigenvalue weighted by Crippen LogP contribution is -2.51. The zero-order valence-electron chi connectivity index (χ0n) is 11.0. The molecule has 0 amide bonds. The summed E-state index contributed by atoms with van der Waals surface area (Å²) in [4.78, 5) is 2.25. The lowest BCUT2D eigenvalue weighted by atomic mass is 10.1. The second-order valence-corrected chi connectivity index (χ2v) is 7.69. The summed E-state index contributed by atoms with van der Waals surface area (Å²) in [5, 5.41) is 4.09. The van der Waals surface area contributed by atoms with Gasteiger partial charge in [0.2, 0.25) is 0 Å². The minimum Gasteiger partial charge on any atom is -0.369 e. The van der Waals surface area contributed by atoms with Crippen LogP contribution in [0, 0.1) is 0 Å². The number of hydrogen-bond donors (Lipinski definition) is 1. The van der Waals surface area contributed by atoms with Crippen molar-refractivity contribution in [3.8, 4) is 0 Å². The molecule has 0 aromatic heterocycles. The molecule has 1 atom stereocenters. The number of nitrogens with one attached hydrogen (secondary N) is 1. The molecule has 0 radical (unpaired) electrons.